The van der Waals surface area contributed by atoms with Crippen LogP contribution in [0.3, 0.4) is 0 Å². The van der Waals surface area contributed by atoms with E-state index in [0.717, 1.165) is 33.9 Å². The van der Waals surface area contributed by atoms with Gasteiger partial charge < -0.3 is 4.57 Å². The standard InChI is InChI=1S/C48H37N3/c1-47(2)41-25-15-16-28-48(41,3)43-36-24-14-13-23-35(36)42-37-29-33(26-27-40(37)51(45(42)44(43)47)34-21-11-6-12-22-34)46-49-38(31-17-7-4-8-18-31)30-39(50-46)32-19-9-5-10-20-32/h4-30,41H,1-3H3. The number of para-hydroxylation sites is 1. The van der Waals surface area contributed by atoms with Gasteiger partial charge in [-0.1, -0.05) is 148 Å². The maximum atomic E-state index is 5.22. The Kier molecular flexibility index (Phi) is 6.41. The second-order valence-corrected chi connectivity index (χ2v) is 14.8. The van der Waals surface area contributed by atoms with Crippen molar-refractivity contribution in [1.82, 2.24) is 14.5 Å². The Bertz CT molecular complexity index is 2660. The number of rotatable bonds is 4. The summed E-state index contributed by atoms with van der Waals surface area (Å²) in [6.45, 7) is 7.34. The molecule has 0 radical (unpaired) electrons. The number of fused-ring (bicyclic) bond motifs is 10. The van der Waals surface area contributed by atoms with Gasteiger partial charge in [-0.05, 0) is 69.6 Å². The summed E-state index contributed by atoms with van der Waals surface area (Å²) in [7, 11) is 0. The van der Waals surface area contributed by atoms with Crippen LogP contribution in [0, 0.1) is 5.92 Å². The van der Waals surface area contributed by atoms with Crippen molar-refractivity contribution in [3.05, 3.63) is 175 Å². The molecule has 0 saturated heterocycles. The monoisotopic (exact) mass is 655 g/mol. The number of hydrogen-bond donors (Lipinski definition) is 0. The fraction of sp³-hybridized carbons (Fsp3) is 0.125. The van der Waals surface area contributed by atoms with Crippen molar-refractivity contribution in [2.45, 2.75) is 31.6 Å². The van der Waals surface area contributed by atoms with E-state index in [1.54, 1.807) is 0 Å². The smallest absolute Gasteiger partial charge is 0.160 e. The lowest BCUT2D eigenvalue weighted by atomic mass is 9.67. The van der Waals surface area contributed by atoms with Crippen molar-refractivity contribution < 1.29 is 0 Å². The van der Waals surface area contributed by atoms with Crippen LogP contribution >= 0.6 is 0 Å². The third-order valence-corrected chi connectivity index (χ3v) is 11.5. The van der Waals surface area contributed by atoms with Gasteiger partial charge in [0.25, 0.3) is 0 Å². The minimum Gasteiger partial charge on any atom is -0.309 e. The molecule has 2 aromatic heterocycles. The molecule has 8 aromatic rings. The molecule has 2 aliphatic rings. The Morgan fingerprint density at radius 2 is 1.16 bits per heavy atom. The molecule has 2 unspecified atom stereocenters. The molecule has 10 rings (SSSR count). The van der Waals surface area contributed by atoms with E-state index in [1.165, 1.54) is 49.4 Å². The Morgan fingerprint density at radius 1 is 0.549 bits per heavy atom. The SMILES string of the molecule is CC1(C)c2c(c3ccccc3c3c4cc(-c5nc(-c6ccccc6)cc(-c6ccccc6)n5)ccc4n(-c4ccccc4)c23)C2(C)C=CC=CC12. The summed E-state index contributed by atoms with van der Waals surface area (Å²) >= 11 is 0. The highest BCUT2D eigenvalue weighted by Crippen LogP contribution is 2.61. The molecule has 2 aliphatic carbocycles. The van der Waals surface area contributed by atoms with E-state index in [1.807, 2.05) is 12.1 Å². The molecule has 51 heavy (non-hydrogen) atoms. The van der Waals surface area contributed by atoms with Crippen LogP contribution in [0.5, 0.6) is 0 Å². The van der Waals surface area contributed by atoms with Gasteiger partial charge in [0.1, 0.15) is 0 Å². The van der Waals surface area contributed by atoms with Gasteiger partial charge in [-0.2, -0.15) is 0 Å². The van der Waals surface area contributed by atoms with Gasteiger partial charge >= 0.3 is 0 Å². The Balaban J connectivity index is 1.33. The van der Waals surface area contributed by atoms with Crippen molar-refractivity contribution in [3.63, 3.8) is 0 Å². The quantitative estimate of drug-likeness (QED) is 0.189. The van der Waals surface area contributed by atoms with Crippen LogP contribution in [-0.2, 0) is 10.8 Å². The second-order valence-electron chi connectivity index (χ2n) is 14.8. The molecule has 0 fully saturated rings. The molecule has 0 amide bonds. The maximum absolute atomic E-state index is 5.22. The first-order chi connectivity index (χ1) is 24.9. The third kappa shape index (κ3) is 4.31. The first-order valence-electron chi connectivity index (χ1n) is 17.9. The van der Waals surface area contributed by atoms with E-state index < -0.39 is 0 Å². The molecule has 2 heterocycles. The molecule has 244 valence electrons. The number of nitrogens with zero attached hydrogens (tertiary/aromatic N) is 3. The zero-order chi connectivity index (χ0) is 34.3. The summed E-state index contributed by atoms with van der Waals surface area (Å²) in [4.78, 5) is 10.4. The lowest BCUT2D eigenvalue weighted by molar-refractivity contribution is 0.325. The average molecular weight is 656 g/mol. The molecule has 0 bridgehead atoms. The molecule has 0 aliphatic heterocycles. The zero-order valence-corrected chi connectivity index (χ0v) is 29.0. The second kappa shape index (κ2) is 11.0. The lowest BCUT2D eigenvalue weighted by Crippen LogP contribution is -2.34. The van der Waals surface area contributed by atoms with Crippen LogP contribution in [0.2, 0.25) is 0 Å². The summed E-state index contributed by atoms with van der Waals surface area (Å²) in [5.41, 5.74) is 11.3. The van der Waals surface area contributed by atoms with E-state index in [-0.39, 0.29) is 10.8 Å². The normalized spacial score (nSPS) is 18.8. The Labute approximate surface area is 298 Å². The predicted octanol–water partition coefficient (Wildman–Crippen LogP) is 12.0. The van der Waals surface area contributed by atoms with Crippen LogP contribution in [0.4, 0.5) is 0 Å². The largest absolute Gasteiger partial charge is 0.309 e. The van der Waals surface area contributed by atoms with E-state index >= 15 is 0 Å². The van der Waals surface area contributed by atoms with Gasteiger partial charge in [0.15, 0.2) is 5.82 Å². The van der Waals surface area contributed by atoms with E-state index in [4.69, 9.17) is 9.97 Å². The summed E-state index contributed by atoms with van der Waals surface area (Å²) in [5, 5.41) is 5.12. The van der Waals surface area contributed by atoms with Crippen LogP contribution in [0.25, 0.3) is 72.2 Å². The van der Waals surface area contributed by atoms with Gasteiger partial charge in [0, 0.05) is 38.6 Å². The number of aromatic nitrogens is 3. The summed E-state index contributed by atoms with van der Waals surface area (Å²) in [6, 6.07) is 49.7. The van der Waals surface area contributed by atoms with Crippen molar-refractivity contribution >= 4 is 32.6 Å². The van der Waals surface area contributed by atoms with Crippen LogP contribution in [0.1, 0.15) is 31.9 Å². The first kappa shape index (κ1) is 29.8. The molecular formula is C48H37N3. The molecule has 6 aromatic carbocycles. The first-order valence-corrected chi connectivity index (χ1v) is 17.9. The van der Waals surface area contributed by atoms with Gasteiger partial charge in [-0.15, -0.1) is 0 Å². The summed E-state index contributed by atoms with van der Waals surface area (Å²) < 4.78 is 2.52. The highest BCUT2D eigenvalue weighted by atomic mass is 15.0. The van der Waals surface area contributed by atoms with Crippen molar-refractivity contribution in [2.75, 3.05) is 0 Å². The van der Waals surface area contributed by atoms with Gasteiger partial charge in [0.05, 0.1) is 22.4 Å². The number of benzene rings is 6. The predicted molar refractivity (Wildman–Crippen MR) is 212 cm³/mol. The number of allylic oxidation sites excluding steroid dienone is 4. The average Bonchev–Trinajstić information content (AvgIpc) is 3.61. The third-order valence-electron chi connectivity index (χ3n) is 11.5. The Hall–Kier alpha value is -6.06. The molecular weight excluding hydrogens is 619 g/mol. The molecule has 0 spiro atoms. The van der Waals surface area contributed by atoms with Crippen molar-refractivity contribution in [2.24, 2.45) is 5.92 Å². The van der Waals surface area contributed by atoms with Crippen LogP contribution in [0.15, 0.2) is 164 Å². The molecule has 3 heteroatoms. The van der Waals surface area contributed by atoms with Crippen molar-refractivity contribution in [3.8, 4) is 39.6 Å². The number of hydrogen-bond acceptors (Lipinski definition) is 2. The minimum absolute atomic E-state index is 0.116. The van der Waals surface area contributed by atoms with E-state index in [2.05, 4.69) is 177 Å². The van der Waals surface area contributed by atoms with Crippen molar-refractivity contribution in [1.29, 1.82) is 0 Å². The van der Waals surface area contributed by atoms with Gasteiger partial charge in [-0.3, -0.25) is 0 Å². The minimum atomic E-state index is -0.121. The zero-order valence-electron chi connectivity index (χ0n) is 29.0. The molecule has 2 atom stereocenters. The molecule has 0 saturated carbocycles. The maximum Gasteiger partial charge on any atom is 0.160 e. The van der Waals surface area contributed by atoms with E-state index in [9.17, 15) is 0 Å². The fourth-order valence-electron chi connectivity index (χ4n) is 9.35. The van der Waals surface area contributed by atoms with Crippen LogP contribution < -0.4 is 0 Å². The van der Waals surface area contributed by atoms with E-state index in [0.29, 0.717) is 5.92 Å². The highest BCUT2D eigenvalue weighted by molar-refractivity contribution is 6.24. The summed E-state index contributed by atoms with van der Waals surface area (Å²) in [6.07, 6.45) is 9.37. The van der Waals surface area contributed by atoms with Gasteiger partial charge in [-0.25, -0.2) is 9.97 Å². The summed E-state index contributed by atoms with van der Waals surface area (Å²) in [5.74, 6) is 1.06. The molecule has 3 nitrogen and oxygen atoms in total. The van der Waals surface area contributed by atoms with Crippen LogP contribution in [-0.4, -0.2) is 14.5 Å². The fourth-order valence-corrected chi connectivity index (χ4v) is 9.35. The molecule has 0 N–H and O–H groups in total. The topological polar surface area (TPSA) is 30.7 Å². The van der Waals surface area contributed by atoms with Gasteiger partial charge in [0.2, 0.25) is 0 Å². The lowest BCUT2D eigenvalue weighted by Gasteiger charge is -2.36. The highest BCUT2D eigenvalue weighted by Gasteiger charge is 2.54. The Morgan fingerprint density at radius 3 is 1.82 bits per heavy atom.